The first-order valence-corrected chi connectivity index (χ1v) is 13.4. The largest absolute Gasteiger partial charge is 0.361 e. The fourth-order valence-electron chi connectivity index (χ4n) is 6.60. The number of nitrogens with zero attached hydrogens (tertiary/aromatic N) is 1. The van der Waals surface area contributed by atoms with Crippen molar-refractivity contribution >= 4 is 23.0 Å². The number of rotatable bonds is 3. The second-order valence-electron chi connectivity index (χ2n) is 10.8. The molecular weight excluding hydrogens is 462 g/mol. The van der Waals surface area contributed by atoms with E-state index in [1.165, 1.54) is 12.8 Å². The molecule has 4 heterocycles. The van der Waals surface area contributed by atoms with E-state index in [2.05, 4.69) is 15.5 Å². The summed E-state index contributed by atoms with van der Waals surface area (Å²) in [5.41, 5.74) is 4.57. The van der Waals surface area contributed by atoms with E-state index in [0.29, 0.717) is 0 Å². The van der Waals surface area contributed by atoms with Gasteiger partial charge in [0.2, 0.25) is 0 Å². The molecule has 1 aromatic heterocycles. The zero-order valence-electron chi connectivity index (χ0n) is 20.3. The Morgan fingerprint density at radius 3 is 2.33 bits per heavy atom. The normalized spacial score (nSPS) is 34.8. The molecular formula is C27H33N3O6. The highest BCUT2D eigenvalue weighted by Crippen LogP contribution is 2.50. The van der Waals surface area contributed by atoms with Crippen LogP contribution in [0.5, 0.6) is 0 Å². The van der Waals surface area contributed by atoms with Gasteiger partial charge in [0.15, 0.2) is 24.0 Å². The van der Waals surface area contributed by atoms with Crippen LogP contribution >= 0.6 is 0 Å². The number of amides is 1. The number of carbonyl (C=O) groups is 1. The van der Waals surface area contributed by atoms with Crippen LogP contribution in [-0.2, 0) is 28.5 Å². The van der Waals surface area contributed by atoms with E-state index in [4.69, 9.17) is 23.7 Å². The first kappa shape index (κ1) is 22.9. The fraction of sp³-hybridized carbons (Fsp3) is 0.630. The molecule has 3 aliphatic heterocycles. The number of hydrazone groups is 1. The van der Waals surface area contributed by atoms with Gasteiger partial charge in [0.05, 0.1) is 6.21 Å². The van der Waals surface area contributed by atoms with Crippen LogP contribution in [0, 0.1) is 0 Å². The molecule has 5 unspecified atom stereocenters. The van der Waals surface area contributed by atoms with Crippen molar-refractivity contribution in [2.75, 3.05) is 0 Å². The zero-order chi connectivity index (χ0) is 24.2. The van der Waals surface area contributed by atoms with Gasteiger partial charge in [-0.15, -0.1) is 0 Å². The van der Waals surface area contributed by atoms with Gasteiger partial charge in [-0.1, -0.05) is 31.0 Å². The van der Waals surface area contributed by atoms with Crippen molar-refractivity contribution < 1.29 is 28.5 Å². The first-order chi connectivity index (χ1) is 17.6. The maximum absolute atomic E-state index is 13.4. The molecule has 2 aromatic rings. The molecule has 192 valence electrons. The minimum Gasteiger partial charge on any atom is -0.361 e. The molecule has 5 aliphatic rings. The third-order valence-electron chi connectivity index (χ3n) is 8.37. The van der Waals surface area contributed by atoms with Crippen LogP contribution in [0.4, 0.5) is 0 Å². The summed E-state index contributed by atoms with van der Waals surface area (Å²) >= 11 is 0. The summed E-state index contributed by atoms with van der Waals surface area (Å²) in [7, 11) is 0. The van der Waals surface area contributed by atoms with Crippen molar-refractivity contribution in [3.63, 3.8) is 0 Å². The number of benzene rings is 1. The minimum atomic E-state index is -0.903. The maximum Gasteiger partial charge on any atom is 0.272 e. The van der Waals surface area contributed by atoms with Gasteiger partial charge in [-0.25, -0.2) is 5.43 Å². The molecule has 2 saturated carbocycles. The SMILES string of the molecule is O=C(NN=Cc1c[nH]c2ccccc12)C1OC2OC3(CCCCC3)OC2C2OC3(CCCCC3)OC12. The summed E-state index contributed by atoms with van der Waals surface area (Å²) in [4.78, 5) is 16.6. The summed E-state index contributed by atoms with van der Waals surface area (Å²) in [6.07, 6.45) is 10.4. The third kappa shape index (κ3) is 3.88. The highest BCUT2D eigenvalue weighted by Gasteiger charge is 2.65. The monoisotopic (exact) mass is 495 g/mol. The van der Waals surface area contributed by atoms with Gasteiger partial charge in [0.1, 0.15) is 18.3 Å². The lowest BCUT2D eigenvalue weighted by molar-refractivity contribution is -0.247. The standard InChI is InChI=1S/C27H33N3O6/c31-24(30-29-16-17-15-28-19-10-4-3-9-18(17)19)22-20-21(34-26(33-20)11-5-1-6-12-26)23-25(32-22)36-27(35-23)13-7-2-8-14-27/h3-4,9-10,15-16,20-23,25,28H,1-2,5-8,11-14H2,(H,30,31). The van der Waals surface area contributed by atoms with Crippen LogP contribution < -0.4 is 5.43 Å². The first-order valence-electron chi connectivity index (χ1n) is 13.4. The van der Waals surface area contributed by atoms with Crippen molar-refractivity contribution in [3.8, 4) is 0 Å². The average molecular weight is 496 g/mol. The van der Waals surface area contributed by atoms with Crippen molar-refractivity contribution in [1.29, 1.82) is 0 Å². The van der Waals surface area contributed by atoms with Gasteiger partial charge in [-0.2, -0.15) is 5.10 Å². The van der Waals surface area contributed by atoms with Gasteiger partial charge < -0.3 is 28.7 Å². The lowest BCUT2D eigenvalue weighted by Crippen LogP contribution is -2.59. The summed E-state index contributed by atoms with van der Waals surface area (Å²) < 4.78 is 32.3. The van der Waals surface area contributed by atoms with Crippen LogP contribution in [0.1, 0.15) is 69.8 Å². The summed E-state index contributed by atoms with van der Waals surface area (Å²) in [5.74, 6) is -1.70. The van der Waals surface area contributed by atoms with E-state index in [1.54, 1.807) is 6.21 Å². The van der Waals surface area contributed by atoms with Gasteiger partial charge >= 0.3 is 0 Å². The smallest absolute Gasteiger partial charge is 0.272 e. The van der Waals surface area contributed by atoms with E-state index in [0.717, 1.165) is 67.8 Å². The second-order valence-corrected chi connectivity index (χ2v) is 10.8. The topological polar surface area (TPSA) is 103 Å². The number of hydrogen-bond acceptors (Lipinski definition) is 7. The highest BCUT2D eigenvalue weighted by atomic mass is 16.9. The molecule has 5 fully saturated rings. The number of fused-ring (bicyclic) bond motifs is 4. The Kier molecular flexibility index (Phi) is 5.66. The van der Waals surface area contributed by atoms with Crippen LogP contribution in [0.25, 0.3) is 10.9 Å². The third-order valence-corrected chi connectivity index (χ3v) is 8.37. The van der Waals surface area contributed by atoms with Crippen molar-refractivity contribution in [2.45, 2.75) is 106 Å². The molecule has 2 spiro atoms. The van der Waals surface area contributed by atoms with Crippen molar-refractivity contribution in [3.05, 3.63) is 36.0 Å². The van der Waals surface area contributed by atoms with E-state index < -0.39 is 42.3 Å². The van der Waals surface area contributed by atoms with Gasteiger partial charge in [-0.3, -0.25) is 4.79 Å². The van der Waals surface area contributed by atoms with Crippen molar-refractivity contribution in [1.82, 2.24) is 10.4 Å². The van der Waals surface area contributed by atoms with E-state index in [1.807, 2.05) is 30.5 Å². The van der Waals surface area contributed by atoms with Gasteiger partial charge in [-0.05, 0) is 31.7 Å². The molecule has 9 heteroatoms. The summed E-state index contributed by atoms with van der Waals surface area (Å²) in [6.45, 7) is 0. The zero-order valence-corrected chi connectivity index (χ0v) is 20.3. The van der Waals surface area contributed by atoms with E-state index >= 15 is 0 Å². The Bertz CT molecular complexity index is 1150. The Labute approximate surface area is 209 Å². The van der Waals surface area contributed by atoms with Crippen LogP contribution in [-0.4, -0.2) is 59.4 Å². The molecule has 1 amide bonds. The number of carbonyl (C=O) groups excluding carboxylic acids is 1. The maximum atomic E-state index is 13.4. The summed E-state index contributed by atoms with van der Waals surface area (Å²) in [6, 6.07) is 7.95. The number of ether oxygens (including phenoxy) is 5. The number of aromatic amines is 1. The highest BCUT2D eigenvalue weighted by molar-refractivity contribution is 5.99. The van der Waals surface area contributed by atoms with E-state index in [9.17, 15) is 4.79 Å². The molecule has 2 aliphatic carbocycles. The number of aromatic nitrogens is 1. The van der Waals surface area contributed by atoms with Crippen LogP contribution in [0.15, 0.2) is 35.6 Å². The summed E-state index contributed by atoms with van der Waals surface area (Å²) in [5, 5.41) is 5.27. The number of nitrogens with one attached hydrogen (secondary N) is 2. The molecule has 36 heavy (non-hydrogen) atoms. The van der Waals surface area contributed by atoms with Crippen LogP contribution in [0.3, 0.4) is 0 Å². The predicted molar refractivity (Wildman–Crippen MR) is 130 cm³/mol. The molecule has 5 atom stereocenters. The second kappa shape index (κ2) is 8.92. The lowest BCUT2D eigenvalue weighted by Gasteiger charge is -2.36. The molecule has 0 bridgehead atoms. The predicted octanol–water partition coefficient (Wildman–Crippen LogP) is 3.86. The number of H-pyrrole nitrogens is 1. The van der Waals surface area contributed by atoms with Gasteiger partial charge in [0, 0.05) is 48.3 Å². The van der Waals surface area contributed by atoms with Gasteiger partial charge in [0.25, 0.3) is 5.91 Å². The van der Waals surface area contributed by atoms with E-state index in [-0.39, 0.29) is 5.91 Å². The number of para-hydroxylation sites is 1. The molecule has 1 aromatic carbocycles. The minimum absolute atomic E-state index is 0.371. The Balaban J connectivity index is 1.12. The quantitative estimate of drug-likeness (QED) is 0.495. The molecule has 2 N–H and O–H groups in total. The average Bonchev–Trinajstić information content (AvgIpc) is 3.58. The lowest BCUT2D eigenvalue weighted by atomic mass is 9.94. The van der Waals surface area contributed by atoms with Crippen molar-refractivity contribution in [2.24, 2.45) is 5.10 Å². The fourth-order valence-corrected chi connectivity index (χ4v) is 6.60. The van der Waals surface area contributed by atoms with Crippen LogP contribution in [0.2, 0.25) is 0 Å². The molecule has 0 radical (unpaired) electrons. The molecule has 7 rings (SSSR count). The Hall–Kier alpha value is -2.30. The molecule has 9 nitrogen and oxygen atoms in total. The Morgan fingerprint density at radius 1 is 0.889 bits per heavy atom. The molecule has 3 saturated heterocycles. The number of hydrogen-bond donors (Lipinski definition) is 2. The Morgan fingerprint density at radius 2 is 1.56 bits per heavy atom.